The van der Waals surface area contributed by atoms with E-state index in [1.54, 1.807) is 21.4 Å². The van der Waals surface area contributed by atoms with Crippen molar-refractivity contribution >= 4 is 11.6 Å². The zero-order valence-electron chi connectivity index (χ0n) is 25.8. The maximum atomic E-state index is 13.1. The average molecular weight is 628 g/mol. The fourth-order valence-electron chi connectivity index (χ4n) is 5.59. The van der Waals surface area contributed by atoms with Gasteiger partial charge in [-0.3, -0.25) is 9.69 Å². The van der Waals surface area contributed by atoms with Gasteiger partial charge in [-0.05, 0) is 53.1 Å². The van der Waals surface area contributed by atoms with Crippen molar-refractivity contribution in [2.75, 3.05) is 12.0 Å². The zero-order valence-corrected chi connectivity index (χ0v) is 25.8. The molecular formula is C36H33N7O4. The van der Waals surface area contributed by atoms with E-state index in [0.717, 1.165) is 33.8 Å². The summed E-state index contributed by atoms with van der Waals surface area (Å²) in [5, 5.41) is 16.9. The lowest BCUT2D eigenvalue weighted by Crippen LogP contribution is -2.59. The molecule has 0 spiro atoms. The summed E-state index contributed by atoms with van der Waals surface area (Å²) in [5.74, 6) is 1.26. The number of anilines is 1. The summed E-state index contributed by atoms with van der Waals surface area (Å²) in [6.45, 7) is 1.87. The second-order valence-electron chi connectivity index (χ2n) is 11.2. The monoisotopic (exact) mass is 627 g/mol. The van der Waals surface area contributed by atoms with E-state index in [1.165, 1.54) is 0 Å². The molecule has 0 saturated carbocycles. The summed E-state index contributed by atoms with van der Waals surface area (Å²) < 4.78 is 21.1. The minimum Gasteiger partial charge on any atom is -0.487 e. The number of ether oxygens (including phenoxy) is 3. The van der Waals surface area contributed by atoms with Gasteiger partial charge >= 0.3 is 0 Å². The Morgan fingerprint density at radius 2 is 1.13 bits per heavy atom. The fourth-order valence-corrected chi connectivity index (χ4v) is 5.59. The summed E-state index contributed by atoms with van der Waals surface area (Å²) in [5.41, 5.74) is 5.47. The van der Waals surface area contributed by atoms with E-state index in [-0.39, 0.29) is 18.6 Å². The standard InChI is InChI=1S/C36H33N7O4/c1-45-35-34(28-12-16-32(17-13-28)46-24-29-22-41(39-37-29)20-26-8-4-2-5-9-26)43(36(35)44)31-14-18-33(19-15-31)47-25-30-23-42(40-38-30)21-27-10-6-3-7-11-27/h2-19,22-23,34-35H,20-21,24-25H2,1H3/t34-,35+/m1/s1. The number of rotatable bonds is 13. The van der Waals surface area contributed by atoms with Gasteiger partial charge in [0.1, 0.15) is 36.1 Å². The first kappa shape index (κ1) is 29.9. The van der Waals surface area contributed by atoms with Crippen molar-refractivity contribution in [2.45, 2.75) is 38.4 Å². The number of carbonyl (C=O) groups excluding carboxylic acids is 1. The molecule has 0 radical (unpaired) electrons. The van der Waals surface area contributed by atoms with E-state index < -0.39 is 6.10 Å². The fraction of sp³-hybridized carbons (Fsp3) is 0.194. The van der Waals surface area contributed by atoms with Crippen molar-refractivity contribution < 1.29 is 19.0 Å². The van der Waals surface area contributed by atoms with Crippen molar-refractivity contribution in [1.29, 1.82) is 0 Å². The molecule has 1 amide bonds. The highest BCUT2D eigenvalue weighted by molar-refractivity contribution is 6.05. The highest BCUT2D eigenvalue weighted by atomic mass is 16.5. The number of amides is 1. The Labute approximate surface area is 271 Å². The van der Waals surface area contributed by atoms with Gasteiger partial charge in [0.2, 0.25) is 0 Å². The van der Waals surface area contributed by atoms with Gasteiger partial charge in [0.25, 0.3) is 5.91 Å². The van der Waals surface area contributed by atoms with Crippen LogP contribution in [0.4, 0.5) is 5.69 Å². The third-order valence-corrected chi connectivity index (χ3v) is 7.96. The van der Waals surface area contributed by atoms with E-state index >= 15 is 0 Å². The Bertz CT molecular complexity index is 1910. The van der Waals surface area contributed by atoms with Crippen molar-refractivity contribution in [1.82, 2.24) is 30.0 Å². The van der Waals surface area contributed by atoms with Gasteiger partial charge in [-0.15, -0.1) is 10.2 Å². The minimum absolute atomic E-state index is 0.0971. The van der Waals surface area contributed by atoms with Crippen LogP contribution >= 0.6 is 0 Å². The maximum absolute atomic E-state index is 13.1. The molecule has 0 aliphatic carbocycles. The van der Waals surface area contributed by atoms with Crippen molar-refractivity contribution in [3.63, 3.8) is 0 Å². The summed E-state index contributed by atoms with van der Waals surface area (Å²) in [4.78, 5) is 14.8. The summed E-state index contributed by atoms with van der Waals surface area (Å²) in [7, 11) is 1.56. The number of hydrogen-bond donors (Lipinski definition) is 0. The summed E-state index contributed by atoms with van der Waals surface area (Å²) >= 11 is 0. The number of hydrogen-bond acceptors (Lipinski definition) is 8. The van der Waals surface area contributed by atoms with Gasteiger partial charge in [-0.2, -0.15) is 0 Å². The zero-order chi connectivity index (χ0) is 32.0. The lowest BCUT2D eigenvalue weighted by molar-refractivity contribution is -0.139. The van der Waals surface area contributed by atoms with E-state index in [1.807, 2.05) is 97.3 Å². The Morgan fingerprint density at radius 1 is 0.638 bits per heavy atom. The van der Waals surface area contributed by atoms with Crippen LogP contribution in [0.3, 0.4) is 0 Å². The third-order valence-electron chi connectivity index (χ3n) is 7.96. The van der Waals surface area contributed by atoms with Crippen LogP contribution in [0.25, 0.3) is 0 Å². The first-order valence-corrected chi connectivity index (χ1v) is 15.3. The molecule has 0 bridgehead atoms. The Kier molecular flexibility index (Phi) is 8.69. The molecule has 236 valence electrons. The first-order chi connectivity index (χ1) is 23.1. The molecule has 11 nitrogen and oxygen atoms in total. The lowest BCUT2D eigenvalue weighted by Gasteiger charge is -2.46. The average Bonchev–Trinajstić information content (AvgIpc) is 3.76. The second-order valence-corrected chi connectivity index (χ2v) is 11.2. The quantitative estimate of drug-likeness (QED) is 0.160. The maximum Gasteiger partial charge on any atom is 0.259 e. The van der Waals surface area contributed by atoms with Gasteiger partial charge in [-0.25, -0.2) is 9.36 Å². The Hall–Kier alpha value is -5.81. The molecule has 3 heterocycles. The highest BCUT2D eigenvalue weighted by Crippen LogP contribution is 2.41. The van der Waals surface area contributed by atoms with Gasteiger partial charge < -0.3 is 14.2 Å². The SMILES string of the molecule is CO[C@@H]1C(=O)N(c2ccc(OCc3cn(Cc4ccccc4)nn3)cc2)[C@@H]1c1ccc(OCc2cn(Cc3ccccc3)nn2)cc1. The molecule has 0 unspecified atom stereocenters. The van der Waals surface area contributed by atoms with Gasteiger partial charge in [0, 0.05) is 12.8 Å². The highest BCUT2D eigenvalue weighted by Gasteiger charge is 2.49. The van der Waals surface area contributed by atoms with Gasteiger partial charge in [0.05, 0.1) is 31.5 Å². The van der Waals surface area contributed by atoms with Crippen LogP contribution < -0.4 is 14.4 Å². The van der Waals surface area contributed by atoms with Crippen molar-refractivity contribution in [3.8, 4) is 11.5 Å². The first-order valence-electron chi connectivity index (χ1n) is 15.3. The third kappa shape index (κ3) is 6.90. The number of nitrogens with zero attached hydrogens (tertiary/aromatic N) is 7. The predicted molar refractivity (Wildman–Crippen MR) is 174 cm³/mol. The topological polar surface area (TPSA) is 109 Å². The second kappa shape index (κ2) is 13.7. The van der Waals surface area contributed by atoms with Crippen LogP contribution in [0.5, 0.6) is 11.5 Å². The predicted octanol–water partition coefficient (Wildman–Crippen LogP) is 5.23. The molecule has 6 aromatic rings. The van der Waals surface area contributed by atoms with Crippen LogP contribution in [0, 0.1) is 0 Å². The molecule has 11 heteroatoms. The van der Waals surface area contributed by atoms with Crippen molar-refractivity contribution in [3.05, 3.63) is 150 Å². The molecule has 2 aromatic heterocycles. The Morgan fingerprint density at radius 3 is 1.62 bits per heavy atom. The molecule has 4 aromatic carbocycles. The van der Waals surface area contributed by atoms with Crippen LogP contribution in [-0.4, -0.2) is 49.1 Å². The Balaban J connectivity index is 0.945. The normalized spacial score (nSPS) is 15.8. The van der Waals surface area contributed by atoms with Gasteiger partial charge in [-0.1, -0.05) is 83.2 Å². The number of aromatic nitrogens is 6. The van der Waals surface area contributed by atoms with E-state index in [0.29, 0.717) is 31.2 Å². The van der Waals surface area contributed by atoms with Crippen molar-refractivity contribution in [2.24, 2.45) is 0 Å². The molecule has 1 aliphatic rings. The number of carbonyl (C=O) groups is 1. The summed E-state index contributed by atoms with van der Waals surface area (Å²) in [6.07, 6.45) is 3.19. The summed E-state index contributed by atoms with van der Waals surface area (Å²) in [6, 6.07) is 35.1. The van der Waals surface area contributed by atoms with Crippen LogP contribution in [0.1, 0.15) is 34.1 Å². The molecule has 7 rings (SSSR count). The largest absolute Gasteiger partial charge is 0.487 e. The molecule has 47 heavy (non-hydrogen) atoms. The van der Waals surface area contributed by atoms with Crippen LogP contribution in [-0.2, 0) is 35.8 Å². The molecule has 1 aliphatic heterocycles. The van der Waals surface area contributed by atoms with Crippen LogP contribution in [0.2, 0.25) is 0 Å². The van der Waals surface area contributed by atoms with E-state index in [2.05, 4.69) is 44.9 Å². The molecule has 1 fully saturated rings. The lowest BCUT2D eigenvalue weighted by atomic mass is 9.89. The smallest absolute Gasteiger partial charge is 0.259 e. The molecular weight excluding hydrogens is 594 g/mol. The molecule has 2 atom stereocenters. The number of methoxy groups -OCH3 is 1. The minimum atomic E-state index is -0.573. The van der Waals surface area contributed by atoms with E-state index in [9.17, 15) is 4.79 Å². The molecule has 1 saturated heterocycles. The number of benzene rings is 4. The molecule has 0 N–H and O–H groups in total. The van der Waals surface area contributed by atoms with Gasteiger partial charge in [0.15, 0.2) is 6.10 Å². The van der Waals surface area contributed by atoms with E-state index in [4.69, 9.17) is 14.2 Å². The number of β-lactam (4-membered cyclic amide) rings is 1. The van der Waals surface area contributed by atoms with Crippen LogP contribution in [0.15, 0.2) is 122 Å².